The standard InChI is InChI=1S/C39H25N5S/c1-2-11-24(12-3-1)38-40-23-41-39(42-38)25-13-10-14-26(21-25)43-29-17-6-4-15-27(29)35-32(43)22-34-37-36(35)28-16-5-7-18-30(28)44(37)31-19-8-9-20-33(31)45-34/h1-23,39H,(H,40,41,42). The molecule has 2 aromatic heterocycles. The second kappa shape index (κ2) is 9.45. The fourth-order valence-electron chi connectivity index (χ4n) is 7.13. The van der Waals surface area contributed by atoms with Crippen LogP contribution in [-0.4, -0.2) is 21.3 Å². The van der Waals surface area contributed by atoms with Crippen molar-refractivity contribution >= 4 is 67.5 Å². The van der Waals surface area contributed by atoms with Crippen molar-refractivity contribution in [1.29, 1.82) is 0 Å². The van der Waals surface area contributed by atoms with Crippen molar-refractivity contribution in [1.82, 2.24) is 14.5 Å². The van der Waals surface area contributed by atoms with Gasteiger partial charge in [0.1, 0.15) is 5.84 Å². The molecule has 2 aliphatic heterocycles. The molecule has 0 bridgehead atoms. The van der Waals surface area contributed by atoms with E-state index >= 15 is 0 Å². The monoisotopic (exact) mass is 595 g/mol. The average molecular weight is 596 g/mol. The zero-order chi connectivity index (χ0) is 29.5. The van der Waals surface area contributed by atoms with E-state index in [1.807, 2.05) is 30.0 Å². The van der Waals surface area contributed by atoms with E-state index in [1.54, 1.807) is 6.34 Å². The lowest BCUT2D eigenvalue weighted by molar-refractivity contribution is 0.761. The maximum atomic E-state index is 5.00. The molecule has 1 N–H and O–H groups in total. The van der Waals surface area contributed by atoms with Gasteiger partial charge < -0.3 is 14.5 Å². The van der Waals surface area contributed by atoms with Crippen molar-refractivity contribution in [2.45, 2.75) is 16.0 Å². The van der Waals surface area contributed by atoms with Gasteiger partial charge in [0.15, 0.2) is 6.17 Å². The molecule has 2 aliphatic rings. The predicted molar refractivity (Wildman–Crippen MR) is 187 cm³/mol. The van der Waals surface area contributed by atoms with Crippen LogP contribution in [0.4, 0.5) is 0 Å². The van der Waals surface area contributed by atoms with Gasteiger partial charge in [0.25, 0.3) is 0 Å². The van der Waals surface area contributed by atoms with Crippen LogP contribution in [0, 0.1) is 0 Å². The molecular weight excluding hydrogens is 571 g/mol. The lowest BCUT2D eigenvalue weighted by Crippen LogP contribution is -2.27. The van der Waals surface area contributed by atoms with Crippen molar-refractivity contribution in [2.75, 3.05) is 0 Å². The van der Waals surface area contributed by atoms with Crippen LogP contribution in [-0.2, 0) is 0 Å². The molecule has 4 heterocycles. The van der Waals surface area contributed by atoms with Gasteiger partial charge in [-0.2, -0.15) is 0 Å². The second-order valence-electron chi connectivity index (χ2n) is 11.5. The Morgan fingerprint density at radius 2 is 1.33 bits per heavy atom. The maximum absolute atomic E-state index is 5.00. The number of fused-ring (bicyclic) bond motifs is 9. The molecule has 6 aromatic carbocycles. The SMILES string of the molecule is C1=NC(c2cccc(-n3c4ccccc4c4c5c6ccccc6n6c5c(cc43)Sc3ccccc3-6)c2)N=C(c2ccccc2)N1. The molecule has 10 rings (SSSR count). The van der Waals surface area contributed by atoms with Crippen LogP contribution in [0.15, 0.2) is 153 Å². The van der Waals surface area contributed by atoms with Crippen molar-refractivity contribution < 1.29 is 0 Å². The summed E-state index contributed by atoms with van der Waals surface area (Å²) in [5.41, 5.74) is 9.35. The third-order valence-corrected chi connectivity index (χ3v) is 10.1. The Morgan fingerprint density at radius 3 is 2.20 bits per heavy atom. The average Bonchev–Trinajstić information content (AvgIpc) is 3.63. The molecule has 5 nitrogen and oxygen atoms in total. The highest BCUT2D eigenvalue weighted by Gasteiger charge is 2.27. The first-order chi connectivity index (χ1) is 22.3. The fourth-order valence-corrected chi connectivity index (χ4v) is 8.24. The Labute approximate surface area is 263 Å². The van der Waals surface area contributed by atoms with Gasteiger partial charge in [0, 0.05) is 48.2 Å². The molecule has 0 radical (unpaired) electrons. The lowest BCUT2D eigenvalue weighted by Gasteiger charge is -2.20. The molecule has 6 heteroatoms. The van der Waals surface area contributed by atoms with Gasteiger partial charge in [-0.05, 0) is 42.5 Å². The first-order valence-electron chi connectivity index (χ1n) is 15.1. The van der Waals surface area contributed by atoms with Crippen LogP contribution in [0.3, 0.4) is 0 Å². The smallest absolute Gasteiger partial charge is 0.169 e. The molecule has 1 atom stereocenters. The number of nitrogens with one attached hydrogen (secondary N) is 1. The number of rotatable bonds is 3. The number of aromatic nitrogens is 2. The third kappa shape index (κ3) is 3.57. The predicted octanol–water partition coefficient (Wildman–Crippen LogP) is 9.42. The van der Waals surface area contributed by atoms with Crippen LogP contribution < -0.4 is 5.32 Å². The van der Waals surface area contributed by atoms with E-state index in [9.17, 15) is 0 Å². The van der Waals surface area contributed by atoms with E-state index in [2.05, 4.69) is 130 Å². The summed E-state index contributed by atoms with van der Waals surface area (Å²) in [6, 6.07) is 47.7. The van der Waals surface area contributed by atoms with Gasteiger partial charge in [0.05, 0.1) is 34.1 Å². The number of benzene rings is 6. The summed E-state index contributed by atoms with van der Waals surface area (Å²) in [7, 11) is 0. The maximum Gasteiger partial charge on any atom is 0.169 e. The number of para-hydroxylation sites is 3. The first-order valence-corrected chi connectivity index (χ1v) is 15.9. The molecule has 0 saturated heterocycles. The third-order valence-electron chi connectivity index (χ3n) is 9.01. The van der Waals surface area contributed by atoms with Crippen LogP contribution in [0.5, 0.6) is 0 Å². The Bertz CT molecular complexity index is 2550. The topological polar surface area (TPSA) is 46.6 Å². The molecule has 212 valence electrons. The fraction of sp³-hybridized carbons (Fsp3) is 0.0256. The highest BCUT2D eigenvalue weighted by Crippen LogP contribution is 2.51. The lowest BCUT2D eigenvalue weighted by atomic mass is 10.1. The Balaban J connectivity index is 1.25. The Kier molecular flexibility index (Phi) is 5.21. The number of amidine groups is 1. The molecule has 0 aliphatic carbocycles. The van der Waals surface area contributed by atoms with E-state index in [4.69, 9.17) is 9.98 Å². The van der Waals surface area contributed by atoms with Crippen LogP contribution in [0.25, 0.3) is 55.0 Å². The van der Waals surface area contributed by atoms with Gasteiger partial charge in [-0.3, -0.25) is 0 Å². The molecule has 0 fully saturated rings. The molecule has 8 aromatic rings. The Hall–Kier alpha value is -5.59. The van der Waals surface area contributed by atoms with E-state index in [0.717, 1.165) is 22.6 Å². The van der Waals surface area contributed by atoms with E-state index in [-0.39, 0.29) is 6.17 Å². The summed E-state index contributed by atoms with van der Waals surface area (Å²) in [5.74, 6) is 0.827. The van der Waals surface area contributed by atoms with Gasteiger partial charge >= 0.3 is 0 Å². The van der Waals surface area contributed by atoms with Crippen molar-refractivity contribution in [3.8, 4) is 11.4 Å². The molecule has 1 unspecified atom stereocenters. The normalized spacial score (nSPS) is 15.5. The number of hydrogen-bond donors (Lipinski definition) is 1. The summed E-state index contributed by atoms with van der Waals surface area (Å²) in [4.78, 5) is 12.3. The van der Waals surface area contributed by atoms with E-state index in [0.29, 0.717) is 0 Å². The summed E-state index contributed by atoms with van der Waals surface area (Å²) in [6.45, 7) is 0. The minimum absolute atomic E-state index is 0.326. The molecule has 0 spiro atoms. The van der Waals surface area contributed by atoms with Crippen molar-refractivity contribution in [2.24, 2.45) is 9.98 Å². The second-order valence-corrected chi connectivity index (χ2v) is 12.6. The van der Waals surface area contributed by atoms with Crippen LogP contribution in [0.2, 0.25) is 0 Å². The highest BCUT2D eigenvalue weighted by atomic mass is 32.2. The van der Waals surface area contributed by atoms with Crippen molar-refractivity contribution in [3.05, 3.63) is 145 Å². The molecule has 0 amide bonds. The van der Waals surface area contributed by atoms with Crippen LogP contribution in [0.1, 0.15) is 17.3 Å². The van der Waals surface area contributed by atoms with Gasteiger partial charge in [-0.15, -0.1) is 0 Å². The van der Waals surface area contributed by atoms with Crippen LogP contribution >= 0.6 is 11.8 Å². The zero-order valence-electron chi connectivity index (χ0n) is 24.1. The first kappa shape index (κ1) is 24.8. The number of nitrogens with zero attached hydrogens (tertiary/aromatic N) is 4. The minimum atomic E-state index is -0.326. The largest absolute Gasteiger partial charge is 0.331 e. The molecular formula is C39H25N5S. The van der Waals surface area contributed by atoms with Gasteiger partial charge in [-0.25, -0.2) is 9.98 Å². The number of aliphatic imine (C=N–C) groups is 2. The molecule has 0 saturated carbocycles. The van der Waals surface area contributed by atoms with Gasteiger partial charge in [-0.1, -0.05) is 103 Å². The molecule has 45 heavy (non-hydrogen) atoms. The summed E-state index contributed by atoms with van der Waals surface area (Å²) < 4.78 is 4.89. The zero-order valence-corrected chi connectivity index (χ0v) is 24.9. The highest BCUT2D eigenvalue weighted by molar-refractivity contribution is 7.99. The quantitative estimate of drug-likeness (QED) is 0.221. The summed E-state index contributed by atoms with van der Waals surface area (Å²) in [6.07, 6.45) is 1.44. The number of hydrogen-bond acceptors (Lipinski definition) is 4. The van der Waals surface area contributed by atoms with Crippen molar-refractivity contribution in [3.63, 3.8) is 0 Å². The minimum Gasteiger partial charge on any atom is -0.331 e. The summed E-state index contributed by atoms with van der Waals surface area (Å²) in [5, 5.41) is 8.36. The van der Waals surface area contributed by atoms with E-state index in [1.165, 1.54) is 59.1 Å². The van der Waals surface area contributed by atoms with Gasteiger partial charge in [0.2, 0.25) is 0 Å². The Morgan fingerprint density at radius 1 is 0.600 bits per heavy atom. The van der Waals surface area contributed by atoms with E-state index < -0.39 is 0 Å². The summed E-state index contributed by atoms with van der Waals surface area (Å²) >= 11 is 1.86.